The summed E-state index contributed by atoms with van der Waals surface area (Å²) in [5.74, 6) is -0.219. The highest BCUT2D eigenvalue weighted by atomic mass is 79.9. The molecule has 1 amide bonds. The van der Waals surface area contributed by atoms with Crippen LogP contribution in [-0.2, 0) is 4.79 Å². The third kappa shape index (κ3) is 6.31. The third-order valence-corrected chi connectivity index (χ3v) is 5.78. The molecule has 7 heteroatoms. The van der Waals surface area contributed by atoms with Crippen molar-refractivity contribution < 1.29 is 4.79 Å². The van der Waals surface area contributed by atoms with Crippen molar-refractivity contribution in [2.75, 3.05) is 33.7 Å². The van der Waals surface area contributed by atoms with Crippen LogP contribution in [0.2, 0.25) is 0 Å². The van der Waals surface area contributed by atoms with Crippen molar-refractivity contribution in [3.05, 3.63) is 68.3 Å². The van der Waals surface area contributed by atoms with Gasteiger partial charge in [0.25, 0.3) is 5.91 Å². The summed E-state index contributed by atoms with van der Waals surface area (Å²) in [6.45, 7) is 8.69. The van der Waals surface area contributed by atoms with E-state index in [2.05, 4.69) is 44.9 Å². The first kappa shape index (κ1) is 23.9. The predicted molar refractivity (Wildman–Crippen MR) is 127 cm³/mol. The number of allylic oxidation sites excluding steroid dienone is 3. The van der Waals surface area contributed by atoms with Gasteiger partial charge < -0.3 is 16.4 Å². The summed E-state index contributed by atoms with van der Waals surface area (Å²) in [6.07, 6.45) is 8.69. The summed E-state index contributed by atoms with van der Waals surface area (Å²) in [5.41, 5.74) is 18.5. The lowest BCUT2D eigenvalue weighted by Crippen LogP contribution is -2.31. The van der Waals surface area contributed by atoms with Crippen molar-refractivity contribution >= 4 is 27.9 Å². The van der Waals surface area contributed by atoms with E-state index in [1.807, 2.05) is 26.1 Å². The Morgan fingerprint density at radius 3 is 2.60 bits per heavy atom. The Labute approximate surface area is 188 Å². The molecule has 1 aliphatic heterocycles. The number of carbonyl (C=O) groups is 1. The molecule has 6 nitrogen and oxygen atoms in total. The number of rotatable bonds is 6. The van der Waals surface area contributed by atoms with E-state index in [1.54, 1.807) is 20.2 Å². The average molecular weight is 474 g/mol. The first-order valence-corrected chi connectivity index (χ1v) is 10.7. The van der Waals surface area contributed by atoms with E-state index in [9.17, 15) is 4.79 Å². The van der Waals surface area contributed by atoms with Crippen LogP contribution in [0.4, 0.5) is 0 Å². The molecular weight excluding hydrogens is 442 g/mol. The topological polar surface area (TPSA) is 88.5 Å². The first-order valence-electron chi connectivity index (χ1n) is 9.95. The Morgan fingerprint density at radius 2 is 2.03 bits per heavy atom. The molecule has 0 saturated carbocycles. The summed E-state index contributed by atoms with van der Waals surface area (Å²) in [7, 11) is 3.35. The number of aryl methyl sites for hydroxylation is 1. The molecule has 1 aromatic heterocycles. The maximum Gasteiger partial charge on any atom is 0.269 e. The lowest BCUT2D eigenvalue weighted by atomic mass is 10.0. The van der Waals surface area contributed by atoms with E-state index in [1.165, 1.54) is 10.5 Å². The molecule has 162 valence electrons. The second kappa shape index (κ2) is 10.6. The van der Waals surface area contributed by atoms with Crippen LogP contribution < -0.4 is 11.5 Å². The van der Waals surface area contributed by atoms with Crippen LogP contribution in [0.15, 0.2) is 57.0 Å². The Balaban J connectivity index is 2.06. The fraction of sp³-hybridized carbons (Fsp3) is 0.391. The maximum atomic E-state index is 11.9. The van der Waals surface area contributed by atoms with Crippen molar-refractivity contribution in [2.24, 2.45) is 11.5 Å². The SMILES string of the molecule is CC(/C=C(\N)C(=O)N(C)C)=C(/N)C1=CCN(C/C(C)=C/c2c(Br)ccnc2C)CC1. The molecule has 2 heterocycles. The smallest absolute Gasteiger partial charge is 0.269 e. The molecule has 0 fully saturated rings. The molecule has 0 unspecified atom stereocenters. The fourth-order valence-electron chi connectivity index (χ4n) is 3.35. The van der Waals surface area contributed by atoms with Crippen molar-refractivity contribution in [3.8, 4) is 0 Å². The quantitative estimate of drug-likeness (QED) is 0.488. The number of pyridine rings is 1. The lowest BCUT2D eigenvalue weighted by molar-refractivity contribution is -0.124. The average Bonchev–Trinajstić information content (AvgIpc) is 2.70. The molecule has 1 aliphatic rings. The molecule has 2 rings (SSSR count). The van der Waals surface area contributed by atoms with Gasteiger partial charge in [-0.15, -0.1) is 0 Å². The lowest BCUT2D eigenvalue weighted by Gasteiger charge is -2.27. The van der Waals surface area contributed by atoms with Gasteiger partial charge in [-0.1, -0.05) is 33.7 Å². The van der Waals surface area contributed by atoms with Crippen LogP contribution in [0.25, 0.3) is 6.08 Å². The van der Waals surface area contributed by atoms with Crippen LogP contribution in [0.1, 0.15) is 31.5 Å². The molecule has 4 N–H and O–H groups in total. The molecular formula is C23H32BrN5O. The minimum absolute atomic E-state index is 0.191. The standard InChI is InChI=1S/C23H32BrN5O/c1-15(12-19-17(3)27-9-6-20(19)24)14-29-10-7-18(8-11-29)22(26)16(2)13-21(25)23(30)28(4)5/h6-7,9,12-13H,8,10-11,14,25-26H2,1-5H3/b15-12+,21-13-,22-16-. The Kier molecular flexibility index (Phi) is 8.43. The third-order valence-electron chi connectivity index (χ3n) is 5.09. The molecule has 0 bridgehead atoms. The summed E-state index contributed by atoms with van der Waals surface area (Å²) in [5, 5.41) is 0. The largest absolute Gasteiger partial charge is 0.398 e. The molecule has 0 spiro atoms. The minimum atomic E-state index is -0.219. The van der Waals surface area contributed by atoms with E-state index < -0.39 is 0 Å². The molecule has 0 radical (unpaired) electrons. The minimum Gasteiger partial charge on any atom is -0.398 e. The van der Waals surface area contributed by atoms with Gasteiger partial charge in [0.05, 0.1) is 5.70 Å². The first-order chi connectivity index (χ1) is 14.1. The summed E-state index contributed by atoms with van der Waals surface area (Å²) in [4.78, 5) is 20.1. The maximum absolute atomic E-state index is 11.9. The number of carbonyl (C=O) groups excluding carboxylic acids is 1. The van der Waals surface area contributed by atoms with Crippen LogP contribution in [0.5, 0.6) is 0 Å². The van der Waals surface area contributed by atoms with Crippen molar-refractivity contribution in [3.63, 3.8) is 0 Å². The second-order valence-corrected chi connectivity index (χ2v) is 8.75. The molecule has 0 saturated heterocycles. The van der Waals surface area contributed by atoms with Gasteiger partial charge in [-0.3, -0.25) is 14.7 Å². The fourth-order valence-corrected chi connectivity index (χ4v) is 3.87. The number of halogens is 1. The van der Waals surface area contributed by atoms with Gasteiger partial charge in [0.15, 0.2) is 0 Å². The second-order valence-electron chi connectivity index (χ2n) is 7.89. The zero-order valence-electron chi connectivity index (χ0n) is 18.5. The number of amides is 1. The van der Waals surface area contributed by atoms with Crippen molar-refractivity contribution in [2.45, 2.75) is 27.2 Å². The molecule has 1 aromatic rings. The van der Waals surface area contributed by atoms with Gasteiger partial charge in [-0.2, -0.15) is 0 Å². The van der Waals surface area contributed by atoms with Crippen molar-refractivity contribution in [1.29, 1.82) is 0 Å². The Bertz CT molecular complexity index is 907. The van der Waals surface area contributed by atoms with E-state index in [0.717, 1.165) is 52.9 Å². The Hall–Kier alpha value is -2.38. The van der Waals surface area contributed by atoms with Gasteiger partial charge in [-0.25, -0.2) is 0 Å². The van der Waals surface area contributed by atoms with Gasteiger partial charge in [0, 0.05) is 61.4 Å². The highest BCUT2D eigenvalue weighted by Gasteiger charge is 2.15. The van der Waals surface area contributed by atoms with Crippen LogP contribution in [-0.4, -0.2) is 54.4 Å². The van der Waals surface area contributed by atoms with E-state index >= 15 is 0 Å². The van der Waals surface area contributed by atoms with Gasteiger partial charge in [0.1, 0.15) is 0 Å². The molecule has 30 heavy (non-hydrogen) atoms. The van der Waals surface area contributed by atoms with Gasteiger partial charge in [-0.05, 0) is 50.5 Å². The molecule has 0 aliphatic carbocycles. The zero-order chi connectivity index (χ0) is 22.4. The van der Waals surface area contributed by atoms with E-state index in [0.29, 0.717) is 5.70 Å². The molecule has 0 aromatic carbocycles. The number of hydrogen-bond acceptors (Lipinski definition) is 5. The summed E-state index contributed by atoms with van der Waals surface area (Å²) < 4.78 is 1.06. The summed E-state index contributed by atoms with van der Waals surface area (Å²) >= 11 is 3.61. The summed E-state index contributed by atoms with van der Waals surface area (Å²) in [6, 6.07) is 1.97. The number of likely N-dealkylation sites (N-methyl/N-ethyl adjacent to an activating group) is 1. The zero-order valence-corrected chi connectivity index (χ0v) is 20.1. The van der Waals surface area contributed by atoms with Crippen LogP contribution >= 0.6 is 15.9 Å². The van der Waals surface area contributed by atoms with Crippen molar-refractivity contribution in [1.82, 2.24) is 14.8 Å². The highest BCUT2D eigenvalue weighted by molar-refractivity contribution is 9.10. The van der Waals surface area contributed by atoms with E-state index in [4.69, 9.17) is 11.5 Å². The number of nitrogens with two attached hydrogens (primary N) is 2. The predicted octanol–water partition coefficient (Wildman–Crippen LogP) is 3.35. The van der Waals surface area contributed by atoms with Gasteiger partial charge in [0.2, 0.25) is 0 Å². The monoisotopic (exact) mass is 473 g/mol. The Morgan fingerprint density at radius 1 is 1.33 bits per heavy atom. The normalized spacial score (nSPS) is 16.8. The number of aromatic nitrogens is 1. The number of hydrogen-bond donors (Lipinski definition) is 2. The number of nitrogens with zero attached hydrogens (tertiary/aromatic N) is 3. The van der Waals surface area contributed by atoms with Crippen LogP contribution in [0.3, 0.4) is 0 Å². The van der Waals surface area contributed by atoms with E-state index in [-0.39, 0.29) is 11.6 Å². The highest BCUT2D eigenvalue weighted by Crippen LogP contribution is 2.23. The molecule has 0 atom stereocenters. The van der Waals surface area contributed by atoms with Gasteiger partial charge >= 0.3 is 0 Å². The van der Waals surface area contributed by atoms with Crippen LogP contribution in [0, 0.1) is 6.92 Å².